The molecule has 24 heavy (non-hydrogen) atoms. The summed E-state index contributed by atoms with van der Waals surface area (Å²) < 4.78 is 5.61. The van der Waals surface area contributed by atoms with Gasteiger partial charge in [0.25, 0.3) is 5.91 Å². The Hall–Kier alpha value is -2.14. The molecule has 5 nitrogen and oxygen atoms in total. The van der Waals surface area contributed by atoms with Gasteiger partial charge in [-0.05, 0) is 32.4 Å². The lowest BCUT2D eigenvalue weighted by Gasteiger charge is -2.12. The van der Waals surface area contributed by atoms with Gasteiger partial charge in [0.05, 0.1) is 0 Å². The van der Waals surface area contributed by atoms with Gasteiger partial charge in [0.2, 0.25) is 5.88 Å². The second-order valence-corrected chi connectivity index (χ2v) is 6.00. The molecule has 2 aromatic rings. The molecule has 0 fully saturated rings. The maximum absolute atomic E-state index is 11.8. The normalized spacial score (nSPS) is 10.5. The van der Waals surface area contributed by atoms with Gasteiger partial charge in [0.15, 0.2) is 12.4 Å². The minimum Gasteiger partial charge on any atom is -0.467 e. The maximum Gasteiger partial charge on any atom is 0.258 e. The van der Waals surface area contributed by atoms with Crippen LogP contribution in [0.25, 0.3) is 11.4 Å². The number of rotatable bonds is 7. The van der Waals surface area contributed by atoms with Crippen molar-refractivity contribution in [2.45, 2.75) is 33.6 Å². The Kier molecular flexibility index (Phi) is 6.55. The van der Waals surface area contributed by atoms with Crippen LogP contribution in [-0.4, -0.2) is 29.0 Å². The minimum atomic E-state index is -0.150. The van der Waals surface area contributed by atoms with E-state index in [0.717, 1.165) is 29.7 Å². The lowest BCUT2D eigenvalue weighted by molar-refractivity contribution is -0.123. The van der Waals surface area contributed by atoms with Gasteiger partial charge < -0.3 is 10.1 Å². The molecule has 0 aliphatic rings. The van der Waals surface area contributed by atoms with Crippen molar-refractivity contribution in [1.82, 2.24) is 15.3 Å². The van der Waals surface area contributed by atoms with Gasteiger partial charge in [-0.25, -0.2) is 4.98 Å². The Bertz CT molecular complexity index is 719. The van der Waals surface area contributed by atoms with Crippen LogP contribution in [0, 0.1) is 13.8 Å². The van der Waals surface area contributed by atoms with Crippen LogP contribution in [0.5, 0.6) is 5.88 Å². The smallest absolute Gasteiger partial charge is 0.258 e. The third-order valence-electron chi connectivity index (χ3n) is 3.62. The molecule has 0 radical (unpaired) electrons. The van der Waals surface area contributed by atoms with Crippen molar-refractivity contribution in [3.8, 4) is 17.3 Å². The number of aromatic nitrogens is 2. The highest BCUT2D eigenvalue weighted by atomic mass is 35.5. The number of halogens is 1. The van der Waals surface area contributed by atoms with Gasteiger partial charge >= 0.3 is 0 Å². The summed E-state index contributed by atoms with van der Waals surface area (Å²) in [5, 5.41) is 3.43. The first-order chi connectivity index (χ1) is 11.5. The van der Waals surface area contributed by atoms with E-state index in [1.165, 1.54) is 0 Å². The van der Waals surface area contributed by atoms with Crippen molar-refractivity contribution in [3.05, 3.63) is 40.5 Å². The molecule has 128 valence electrons. The van der Waals surface area contributed by atoms with E-state index < -0.39 is 0 Å². The van der Waals surface area contributed by atoms with Gasteiger partial charge in [0, 0.05) is 28.4 Å². The Morgan fingerprint density at radius 3 is 2.79 bits per heavy atom. The second kappa shape index (κ2) is 8.64. The monoisotopic (exact) mass is 347 g/mol. The average molecular weight is 348 g/mol. The number of carbonyl (C=O) groups excluding carboxylic acids is 1. The van der Waals surface area contributed by atoms with E-state index in [1.54, 1.807) is 12.1 Å². The van der Waals surface area contributed by atoms with Crippen molar-refractivity contribution >= 4 is 17.5 Å². The molecule has 0 aliphatic heterocycles. The average Bonchev–Trinajstić information content (AvgIpc) is 2.56. The van der Waals surface area contributed by atoms with E-state index in [4.69, 9.17) is 16.3 Å². The second-order valence-electron chi connectivity index (χ2n) is 5.57. The number of carbonyl (C=O) groups is 1. The standard InChI is InChI=1S/C18H22ClN3O2/c1-4-5-9-20-16(23)11-24-18-12(2)13(3)21-17(22-18)14-7-6-8-15(19)10-14/h6-8,10H,4-5,9,11H2,1-3H3,(H,20,23). The van der Waals surface area contributed by atoms with E-state index in [-0.39, 0.29) is 12.5 Å². The zero-order valence-electron chi connectivity index (χ0n) is 14.2. The summed E-state index contributed by atoms with van der Waals surface area (Å²) in [6, 6.07) is 7.33. The molecule has 2 rings (SSSR count). The predicted molar refractivity (Wildman–Crippen MR) is 95.4 cm³/mol. The highest BCUT2D eigenvalue weighted by Crippen LogP contribution is 2.25. The molecule has 0 unspecified atom stereocenters. The zero-order valence-corrected chi connectivity index (χ0v) is 15.0. The number of hydrogen-bond acceptors (Lipinski definition) is 4. The fourth-order valence-electron chi connectivity index (χ4n) is 2.09. The van der Waals surface area contributed by atoms with Crippen molar-refractivity contribution in [3.63, 3.8) is 0 Å². The van der Waals surface area contributed by atoms with Crippen molar-refractivity contribution < 1.29 is 9.53 Å². The van der Waals surface area contributed by atoms with Crippen LogP contribution < -0.4 is 10.1 Å². The van der Waals surface area contributed by atoms with E-state index in [1.807, 2.05) is 26.0 Å². The van der Waals surface area contributed by atoms with Crippen molar-refractivity contribution in [1.29, 1.82) is 0 Å². The fraction of sp³-hybridized carbons (Fsp3) is 0.389. The fourth-order valence-corrected chi connectivity index (χ4v) is 2.28. The minimum absolute atomic E-state index is 0.0595. The van der Waals surface area contributed by atoms with Crippen LogP contribution in [0.1, 0.15) is 31.0 Å². The number of aryl methyl sites for hydroxylation is 1. The quantitative estimate of drug-likeness (QED) is 0.775. The Labute approximate surface area is 147 Å². The molecule has 0 saturated heterocycles. The molecule has 1 aromatic heterocycles. The summed E-state index contributed by atoms with van der Waals surface area (Å²) in [5.41, 5.74) is 2.44. The first-order valence-electron chi connectivity index (χ1n) is 8.02. The van der Waals surface area contributed by atoms with E-state index in [2.05, 4.69) is 22.2 Å². The molecule has 0 spiro atoms. The lowest BCUT2D eigenvalue weighted by Crippen LogP contribution is -2.30. The highest BCUT2D eigenvalue weighted by molar-refractivity contribution is 6.30. The van der Waals surface area contributed by atoms with Gasteiger partial charge in [-0.3, -0.25) is 4.79 Å². The Morgan fingerprint density at radius 2 is 2.08 bits per heavy atom. The molecule has 0 aliphatic carbocycles. The van der Waals surface area contributed by atoms with E-state index >= 15 is 0 Å². The van der Waals surface area contributed by atoms with Crippen LogP contribution >= 0.6 is 11.6 Å². The molecule has 1 heterocycles. The third kappa shape index (κ3) is 4.93. The molecule has 1 N–H and O–H groups in total. The molecule has 0 bridgehead atoms. The van der Waals surface area contributed by atoms with Crippen LogP contribution in [0.2, 0.25) is 5.02 Å². The zero-order chi connectivity index (χ0) is 17.5. The predicted octanol–water partition coefficient (Wildman–Crippen LogP) is 3.71. The summed E-state index contributed by atoms with van der Waals surface area (Å²) in [6.07, 6.45) is 1.99. The van der Waals surface area contributed by atoms with Crippen LogP contribution in [0.15, 0.2) is 24.3 Å². The molecule has 0 atom stereocenters. The highest BCUT2D eigenvalue weighted by Gasteiger charge is 2.12. The topological polar surface area (TPSA) is 64.1 Å². The Morgan fingerprint density at radius 1 is 1.29 bits per heavy atom. The SMILES string of the molecule is CCCCNC(=O)COc1nc(-c2cccc(Cl)c2)nc(C)c1C. The number of benzene rings is 1. The van der Waals surface area contributed by atoms with Gasteiger partial charge in [0.1, 0.15) is 0 Å². The maximum atomic E-state index is 11.8. The van der Waals surface area contributed by atoms with Crippen LogP contribution in [0.3, 0.4) is 0 Å². The van der Waals surface area contributed by atoms with Crippen molar-refractivity contribution in [2.75, 3.05) is 13.2 Å². The van der Waals surface area contributed by atoms with E-state index in [0.29, 0.717) is 23.3 Å². The summed E-state index contributed by atoms with van der Waals surface area (Å²) in [4.78, 5) is 20.7. The lowest BCUT2D eigenvalue weighted by atomic mass is 10.2. The molecule has 1 aromatic carbocycles. The first kappa shape index (κ1) is 18.2. The number of hydrogen-bond donors (Lipinski definition) is 1. The molecule has 6 heteroatoms. The number of ether oxygens (including phenoxy) is 1. The number of nitrogens with zero attached hydrogens (tertiary/aromatic N) is 2. The number of nitrogens with one attached hydrogen (secondary N) is 1. The van der Waals surface area contributed by atoms with Gasteiger partial charge in [-0.2, -0.15) is 4.98 Å². The van der Waals surface area contributed by atoms with Gasteiger partial charge in [-0.15, -0.1) is 0 Å². The first-order valence-corrected chi connectivity index (χ1v) is 8.39. The van der Waals surface area contributed by atoms with E-state index in [9.17, 15) is 4.79 Å². The van der Waals surface area contributed by atoms with Crippen LogP contribution in [0.4, 0.5) is 0 Å². The van der Waals surface area contributed by atoms with Gasteiger partial charge in [-0.1, -0.05) is 37.1 Å². The summed E-state index contributed by atoms with van der Waals surface area (Å²) >= 11 is 6.03. The van der Waals surface area contributed by atoms with Crippen molar-refractivity contribution in [2.24, 2.45) is 0 Å². The third-order valence-corrected chi connectivity index (χ3v) is 3.85. The number of unbranched alkanes of at least 4 members (excludes halogenated alkanes) is 1. The molecule has 0 saturated carbocycles. The Balaban J connectivity index is 2.14. The summed E-state index contributed by atoms with van der Waals surface area (Å²) in [6.45, 7) is 6.44. The number of amides is 1. The molecular formula is C18H22ClN3O2. The molecule has 1 amide bonds. The summed E-state index contributed by atoms with van der Waals surface area (Å²) in [7, 11) is 0. The molecular weight excluding hydrogens is 326 g/mol. The summed E-state index contributed by atoms with van der Waals surface area (Å²) in [5.74, 6) is 0.800. The largest absolute Gasteiger partial charge is 0.467 e. The van der Waals surface area contributed by atoms with Crippen LogP contribution in [-0.2, 0) is 4.79 Å².